The quantitative estimate of drug-likeness (QED) is 0.501. The number of aromatic nitrogens is 3. The summed E-state index contributed by atoms with van der Waals surface area (Å²) in [6, 6.07) is 0.769. The van der Waals surface area contributed by atoms with E-state index in [0.29, 0.717) is 37.2 Å². The Labute approximate surface area is 118 Å². The van der Waals surface area contributed by atoms with E-state index in [1.165, 1.54) is 0 Å². The van der Waals surface area contributed by atoms with Crippen molar-refractivity contribution in [3.8, 4) is 6.01 Å². The summed E-state index contributed by atoms with van der Waals surface area (Å²) < 4.78 is 10.6. The van der Waals surface area contributed by atoms with Crippen LogP contribution in [0.4, 0.5) is 11.9 Å². The minimum atomic E-state index is 0.299. The molecule has 8 nitrogen and oxygen atoms in total. The highest BCUT2D eigenvalue weighted by molar-refractivity contribution is 5.40. The summed E-state index contributed by atoms with van der Waals surface area (Å²) >= 11 is 0. The van der Waals surface area contributed by atoms with E-state index >= 15 is 0 Å². The topological polar surface area (TPSA) is 98.4 Å². The van der Waals surface area contributed by atoms with Crippen molar-refractivity contribution in [3.05, 3.63) is 0 Å². The molecule has 0 radical (unpaired) electrons. The van der Waals surface area contributed by atoms with Gasteiger partial charge in [-0.05, 0) is 19.3 Å². The normalized spacial score (nSPS) is 14.2. The maximum Gasteiger partial charge on any atom is 0.323 e. The molecule has 1 aliphatic carbocycles. The highest BCUT2D eigenvalue weighted by atomic mass is 16.5. The van der Waals surface area contributed by atoms with E-state index in [4.69, 9.17) is 15.3 Å². The SMILES string of the molecule is CCCOc1nc(NN)nc(N(CCOC)C2CC2)n1. The molecule has 0 aromatic carbocycles. The average Bonchev–Trinajstić information content (AvgIpc) is 3.30. The van der Waals surface area contributed by atoms with Crippen molar-refractivity contribution in [2.24, 2.45) is 5.84 Å². The van der Waals surface area contributed by atoms with E-state index in [-0.39, 0.29) is 0 Å². The number of anilines is 2. The van der Waals surface area contributed by atoms with E-state index in [1.54, 1.807) is 7.11 Å². The summed E-state index contributed by atoms with van der Waals surface area (Å²) in [7, 11) is 1.68. The van der Waals surface area contributed by atoms with E-state index < -0.39 is 0 Å². The van der Waals surface area contributed by atoms with Crippen LogP contribution in [0.5, 0.6) is 6.01 Å². The van der Waals surface area contributed by atoms with Gasteiger partial charge in [-0.3, -0.25) is 5.43 Å². The molecule has 0 aliphatic heterocycles. The fourth-order valence-electron chi connectivity index (χ4n) is 1.82. The van der Waals surface area contributed by atoms with Gasteiger partial charge in [0.05, 0.1) is 13.2 Å². The number of ether oxygens (including phenoxy) is 2. The lowest BCUT2D eigenvalue weighted by atomic mass is 10.5. The van der Waals surface area contributed by atoms with Gasteiger partial charge in [-0.2, -0.15) is 15.0 Å². The zero-order valence-electron chi connectivity index (χ0n) is 12.0. The highest BCUT2D eigenvalue weighted by Gasteiger charge is 2.31. The molecule has 8 heteroatoms. The van der Waals surface area contributed by atoms with Crippen LogP contribution in [0.25, 0.3) is 0 Å². The predicted molar refractivity (Wildman–Crippen MR) is 75.7 cm³/mol. The zero-order valence-corrected chi connectivity index (χ0v) is 12.0. The van der Waals surface area contributed by atoms with Crippen molar-refractivity contribution in [1.29, 1.82) is 0 Å². The summed E-state index contributed by atoms with van der Waals surface area (Å²) in [5.74, 6) is 6.30. The number of rotatable bonds is 9. The second kappa shape index (κ2) is 7.20. The first-order valence-electron chi connectivity index (χ1n) is 6.89. The fraction of sp³-hybridized carbons (Fsp3) is 0.750. The summed E-state index contributed by atoms with van der Waals surface area (Å²) in [5, 5.41) is 0. The van der Waals surface area contributed by atoms with Crippen LogP contribution in [-0.2, 0) is 4.74 Å². The van der Waals surface area contributed by atoms with Crippen LogP contribution in [0.3, 0.4) is 0 Å². The largest absolute Gasteiger partial charge is 0.463 e. The Hall–Kier alpha value is -1.67. The molecule has 2 rings (SSSR count). The van der Waals surface area contributed by atoms with Gasteiger partial charge in [0.25, 0.3) is 0 Å². The number of nitrogen functional groups attached to an aromatic ring is 1. The Morgan fingerprint density at radius 3 is 2.70 bits per heavy atom. The lowest BCUT2D eigenvalue weighted by Crippen LogP contribution is -2.31. The molecule has 0 amide bonds. The van der Waals surface area contributed by atoms with Crippen LogP contribution in [-0.4, -0.2) is 47.9 Å². The highest BCUT2D eigenvalue weighted by Crippen LogP contribution is 2.30. The van der Waals surface area contributed by atoms with E-state index in [2.05, 4.69) is 25.3 Å². The van der Waals surface area contributed by atoms with Gasteiger partial charge in [0.1, 0.15) is 0 Å². The van der Waals surface area contributed by atoms with Gasteiger partial charge in [0, 0.05) is 19.7 Å². The molecule has 1 aromatic rings. The maximum atomic E-state index is 5.48. The smallest absolute Gasteiger partial charge is 0.323 e. The second-order valence-electron chi connectivity index (χ2n) is 4.65. The van der Waals surface area contributed by atoms with Gasteiger partial charge in [-0.15, -0.1) is 0 Å². The zero-order chi connectivity index (χ0) is 14.4. The van der Waals surface area contributed by atoms with E-state index in [1.807, 2.05) is 6.92 Å². The number of methoxy groups -OCH3 is 1. The minimum absolute atomic E-state index is 0.299. The molecule has 112 valence electrons. The summed E-state index contributed by atoms with van der Waals surface area (Å²) in [6.45, 7) is 3.95. The number of hydrogen-bond acceptors (Lipinski definition) is 8. The molecule has 1 saturated carbocycles. The molecule has 3 N–H and O–H groups in total. The van der Waals surface area contributed by atoms with Crippen LogP contribution in [0, 0.1) is 0 Å². The molecule has 20 heavy (non-hydrogen) atoms. The van der Waals surface area contributed by atoms with Crippen LogP contribution in [0.2, 0.25) is 0 Å². The fourth-order valence-corrected chi connectivity index (χ4v) is 1.82. The lowest BCUT2D eigenvalue weighted by molar-refractivity contribution is 0.204. The van der Waals surface area contributed by atoms with Gasteiger partial charge in [0.15, 0.2) is 0 Å². The average molecular weight is 282 g/mol. The van der Waals surface area contributed by atoms with Crippen LogP contribution in [0.15, 0.2) is 0 Å². The number of hydrogen-bond donors (Lipinski definition) is 2. The molecule has 1 heterocycles. The minimum Gasteiger partial charge on any atom is -0.463 e. The van der Waals surface area contributed by atoms with Crippen LogP contribution < -0.4 is 20.9 Å². The molecule has 1 aromatic heterocycles. The summed E-state index contributed by atoms with van der Waals surface area (Å²) in [5.41, 5.74) is 2.45. The Kier molecular flexibility index (Phi) is 5.31. The van der Waals surface area contributed by atoms with E-state index in [0.717, 1.165) is 25.8 Å². The first-order chi connectivity index (χ1) is 9.78. The molecule has 0 spiro atoms. The first kappa shape index (κ1) is 14.7. The monoisotopic (exact) mass is 282 g/mol. The Balaban J connectivity index is 2.18. The van der Waals surface area contributed by atoms with Crippen molar-refractivity contribution in [2.45, 2.75) is 32.2 Å². The van der Waals surface area contributed by atoms with Gasteiger partial charge < -0.3 is 14.4 Å². The maximum absolute atomic E-state index is 5.48. The van der Waals surface area contributed by atoms with Crippen molar-refractivity contribution in [1.82, 2.24) is 15.0 Å². The van der Waals surface area contributed by atoms with Gasteiger partial charge >= 0.3 is 6.01 Å². The second-order valence-corrected chi connectivity index (χ2v) is 4.65. The third-order valence-electron chi connectivity index (χ3n) is 2.95. The number of nitrogens with two attached hydrogens (primary N) is 1. The third kappa shape index (κ3) is 3.91. The summed E-state index contributed by atoms with van der Waals surface area (Å²) in [6.07, 6.45) is 3.18. The van der Waals surface area contributed by atoms with Crippen LogP contribution >= 0.6 is 0 Å². The first-order valence-corrected chi connectivity index (χ1v) is 6.89. The Bertz CT molecular complexity index is 426. The van der Waals surface area contributed by atoms with Gasteiger partial charge in [-0.25, -0.2) is 5.84 Å². The van der Waals surface area contributed by atoms with E-state index in [9.17, 15) is 0 Å². The molecule has 1 fully saturated rings. The molecular weight excluding hydrogens is 260 g/mol. The van der Waals surface area contributed by atoms with Crippen molar-refractivity contribution in [3.63, 3.8) is 0 Å². The molecule has 0 unspecified atom stereocenters. The van der Waals surface area contributed by atoms with Crippen molar-refractivity contribution in [2.75, 3.05) is 37.2 Å². The van der Waals surface area contributed by atoms with Gasteiger partial charge in [0.2, 0.25) is 11.9 Å². The van der Waals surface area contributed by atoms with Crippen molar-refractivity contribution < 1.29 is 9.47 Å². The Morgan fingerprint density at radius 2 is 2.10 bits per heavy atom. The molecule has 1 aliphatic rings. The van der Waals surface area contributed by atoms with Crippen molar-refractivity contribution >= 4 is 11.9 Å². The number of nitrogens with zero attached hydrogens (tertiary/aromatic N) is 4. The number of hydrazine groups is 1. The predicted octanol–water partition coefficient (Wildman–Crippen LogP) is 0.561. The van der Waals surface area contributed by atoms with Crippen LogP contribution in [0.1, 0.15) is 26.2 Å². The Morgan fingerprint density at radius 1 is 1.30 bits per heavy atom. The molecule has 0 saturated heterocycles. The molecule has 0 atom stereocenters. The third-order valence-corrected chi connectivity index (χ3v) is 2.95. The molecular formula is C12H22N6O2. The summed E-state index contributed by atoms with van der Waals surface area (Å²) in [4.78, 5) is 14.9. The standard InChI is InChI=1S/C12H22N6O2/c1-3-7-20-12-15-10(17-13)14-11(16-12)18(6-8-19-2)9-4-5-9/h9H,3-8,13H2,1-2H3,(H,14,15,16,17). The lowest BCUT2D eigenvalue weighted by Gasteiger charge is -2.22. The molecule has 0 bridgehead atoms. The number of nitrogens with one attached hydrogen (secondary N) is 1. The van der Waals surface area contributed by atoms with Gasteiger partial charge in [-0.1, -0.05) is 6.92 Å².